The SMILES string of the molecule is Cc1cccc(C(=O)NOCCN)c1. The molecule has 0 saturated heterocycles. The van der Waals surface area contributed by atoms with E-state index in [9.17, 15) is 4.79 Å². The van der Waals surface area contributed by atoms with Crippen molar-refractivity contribution >= 4 is 5.91 Å². The molecule has 1 amide bonds. The summed E-state index contributed by atoms with van der Waals surface area (Å²) in [7, 11) is 0. The lowest BCUT2D eigenvalue weighted by Gasteiger charge is -2.04. The normalized spacial score (nSPS) is 9.86. The topological polar surface area (TPSA) is 64.3 Å². The van der Waals surface area contributed by atoms with Crippen molar-refractivity contribution in [3.63, 3.8) is 0 Å². The number of hydrogen-bond acceptors (Lipinski definition) is 3. The molecule has 1 aromatic rings. The molecule has 0 heterocycles. The minimum Gasteiger partial charge on any atom is -0.328 e. The molecule has 0 bridgehead atoms. The van der Waals surface area contributed by atoms with Gasteiger partial charge in [0.15, 0.2) is 0 Å². The first kappa shape index (κ1) is 10.7. The van der Waals surface area contributed by atoms with Crippen LogP contribution in [0.3, 0.4) is 0 Å². The number of carbonyl (C=O) groups excluding carboxylic acids is 1. The molecule has 0 radical (unpaired) electrons. The van der Waals surface area contributed by atoms with Gasteiger partial charge in [0.1, 0.15) is 0 Å². The van der Waals surface area contributed by atoms with Crippen molar-refractivity contribution in [3.8, 4) is 0 Å². The fourth-order valence-corrected chi connectivity index (χ4v) is 1.02. The fourth-order valence-electron chi connectivity index (χ4n) is 1.02. The molecular weight excluding hydrogens is 180 g/mol. The first-order valence-electron chi connectivity index (χ1n) is 4.43. The monoisotopic (exact) mass is 194 g/mol. The summed E-state index contributed by atoms with van der Waals surface area (Å²) in [4.78, 5) is 16.2. The molecule has 0 aliphatic heterocycles. The van der Waals surface area contributed by atoms with Crippen LogP contribution >= 0.6 is 0 Å². The predicted octanol–water partition coefficient (Wildman–Crippen LogP) is 0.615. The highest BCUT2D eigenvalue weighted by Crippen LogP contribution is 2.03. The summed E-state index contributed by atoms with van der Waals surface area (Å²) in [6, 6.07) is 7.28. The highest BCUT2D eigenvalue weighted by atomic mass is 16.6. The van der Waals surface area contributed by atoms with Gasteiger partial charge in [0, 0.05) is 12.1 Å². The van der Waals surface area contributed by atoms with E-state index in [4.69, 9.17) is 10.6 Å². The number of benzene rings is 1. The molecule has 4 heteroatoms. The van der Waals surface area contributed by atoms with Gasteiger partial charge in [-0.15, -0.1) is 0 Å². The van der Waals surface area contributed by atoms with Crippen LogP contribution in [-0.4, -0.2) is 19.1 Å². The molecule has 3 N–H and O–H groups in total. The number of hydroxylamine groups is 1. The Balaban J connectivity index is 2.52. The largest absolute Gasteiger partial charge is 0.328 e. The van der Waals surface area contributed by atoms with Crippen molar-refractivity contribution in [2.45, 2.75) is 6.92 Å². The second-order valence-corrected chi connectivity index (χ2v) is 2.94. The van der Waals surface area contributed by atoms with Crippen LogP contribution in [0.2, 0.25) is 0 Å². The zero-order valence-electron chi connectivity index (χ0n) is 8.12. The van der Waals surface area contributed by atoms with E-state index in [1.54, 1.807) is 12.1 Å². The number of aryl methyl sites for hydroxylation is 1. The zero-order valence-corrected chi connectivity index (χ0v) is 8.12. The standard InChI is InChI=1S/C10H14N2O2/c1-8-3-2-4-9(7-8)10(13)12-14-6-5-11/h2-4,7H,5-6,11H2,1H3,(H,12,13). The molecule has 0 aromatic heterocycles. The van der Waals surface area contributed by atoms with E-state index in [1.807, 2.05) is 19.1 Å². The molecule has 76 valence electrons. The molecule has 1 aromatic carbocycles. The van der Waals surface area contributed by atoms with Gasteiger partial charge in [-0.25, -0.2) is 5.48 Å². The molecule has 0 saturated carbocycles. The quantitative estimate of drug-likeness (QED) is 0.545. The van der Waals surface area contributed by atoms with Crippen LogP contribution in [0.1, 0.15) is 15.9 Å². The van der Waals surface area contributed by atoms with Crippen molar-refractivity contribution in [1.29, 1.82) is 0 Å². The lowest BCUT2D eigenvalue weighted by Crippen LogP contribution is -2.26. The van der Waals surface area contributed by atoms with Gasteiger partial charge in [0.05, 0.1) is 6.61 Å². The zero-order chi connectivity index (χ0) is 10.4. The number of rotatable bonds is 4. The van der Waals surface area contributed by atoms with Gasteiger partial charge in [0.25, 0.3) is 5.91 Å². The van der Waals surface area contributed by atoms with E-state index in [-0.39, 0.29) is 5.91 Å². The maximum atomic E-state index is 11.4. The van der Waals surface area contributed by atoms with Gasteiger partial charge in [-0.05, 0) is 19.1 Å². The van der Waals surface area contributed by atoms with Gasteiger partial charge in [-0.3, -0.25) is 9.63 Å². The Morgan fingerprint density at radius 1 is 1.57 bits per heavy atom. The van der Waals surface area contributed by atoms with Crippen LogP contribution in [0, 0.1) is 6.92 Å². The van der Waals surface area contributed by atoms with Crippen molar-refractivity contribution in [2.75, 3.05) is 13.2 Å². The first-order valence-corrected chi connectivity index (χ1v) is 4.43. The van der Waals surface area contributed by atoms with E-state index in [2.05, 4.69) is 5.48 Å². The Labute approximate surface area is 83.0 Å². The lowest BCUT2D eigenvalue weighted by molar-refractivity contribution is 0.0343. The Bertz CT molecular complexity index is 313. The Kier molecular flexibility index (Phi) is 4.10. The van der Waals surface area contributed by atoms with Gasteiger partial charge >= 0.3 is 0 Å². The minimum absolute atomic E-state index is 0.248. The number of hydrogen-bond donors (Lipinski definition) is 2. The number of nitrogens with two attached hydrogens (primary N) is 1. The number of amides is 1. The average molecular weight is 194 g/mol. The van der Waals surface area contributed by atoms with Gasteiger partial charge in [-0.1, -0.05) is 17.7 Å². The molecule has 14 heavy (non-hydrogen) atoms. The Morgan fingerprint density at radius 3 is 3.00 bits per heavy atom. The smallest absolute Gasteiger partial charge is 0.274 e. The molecule has 0 atom stereocenters. The second kappa shape index (κ2) is 5.36. The third-order valence-electron chi connectivity index (χ3n) is 1.67. The van der Waals surface area contributed by atoms with Crippen LogP contribution in [0.5, 0.6) is 0 Å². The van der Waals surface area contributed by atoms with Crippen LogP contribution in [0.15, 0.2) is 24.3 Å². The average Bonchev–Trinajstić information content (AvgIpc) is 2.18. The molecule has 0 unspecified atom stereocenters. The van der Waals surface area contributed by atoms with E-state index in [1.165, 1.54) is 0 Å². The van der Waals surface area contributed by atoms with Crippen LogP contribution in [-0.2, 0) is 4.84 Å². The van der Waals surface area contributed by atoms with E-state index >= 15 is 0 Å². The first-order chi connectivity index (χ1) is 6.74. The lowest BCUT2D eigenvalue weighted by atomic mass is 10.1. The molecule has 1 rings (SSSR count). The van der Waals surface area contributed by atoms with E-state index in [0.29, 0.717) is 18.7 Å². The summed E-state index contributed by atoms with van der Waals surface area (Å²) in [5.41, 5.74) is 9.13. The van der Waals surface area contributed by atoms with Crippen molar-refractivity contribution in [1.82, 2.24) is 5.48 Å². The molecule has 0 fully saturated rings. The van der Waals surface area contributed by atoms with E-state index < -0.39 is 0 Å². The maximum absolute atomic E-state index is 11.4. The van der Waals surface area contributed by atoms with Crippen LogP contribution in [0.4, 0.5) is 0 Å². The summed E-state index contributed by atoms with van der Waals surface area (Å²) in [6.45, 7) is 2.63. The summed E-state index contributed by atoms with van der Waals surface area (Å²) in [5.74, 6) is -0.248. The summed E-state index contributed by atoms with van der Waals surface area (Å²) < 4.78 is 0. The highest BCUT2D eigenvalue weighted by molar-refractivity contribution is 5.93. The second-order valence-electron chi connectivity index (χ2n) is 2.94. The molecule has 0 aliphatic rings. The molecule has 0 aliphatic carbocycles. The van der Waals surface area contributed by atoms with Crippen molar-refractivity contribution in [3.05, 3.63) is 35.4 Å². The summed E-state index contributed by atoms with van der Waals surface area (Å²) in [5, 5.41) is 0. The third kappa shape index (κ3) is 3.16. The van der Waals surface area contributed by atoms with Crippen molar-refractivity contribution < 1.29 is 9.63 Å². The summed E-state index contributed by atoms with van der Waals surface area (Å²) >= 11 is 0. The minimum atomic E-state index is -0.248. The van der Waals surface area contributed by atoms with E-state index in [0.717, 1.165) is 5.56 Å². The van der Waals surface area contributed by atoms with Crippen molar-refractivity contribution in [2.24, 2.45) is 5.73 Å². The summed E-state index contributed by atoms with van der Waals surface area (Å²) in [6.07, 6.45) is 0. The predicted molar refractivity (Wildman–Crippen MR) is 53.7 cm³/mol. The van der Waals surface area contributed by atoms with Gasteiger partial charge < -0.3 is 5.73 Å². The number of nitrogens with one attached hydrogen (secondary N) is 1. The Morgan fingerprint density at radius 2 is 2.36 bits per heavy atom. The highest BCUT2D eigenvalue weighted by Gasteiger charge is 2.03. The third-order valence-corrected chi connectivity index (χ3v) is 1.67. The molecular formula is C10H14N2O2. The maximum Gasteiger partial charge on any atom is 0.274 e. The Hall–Kier alpha value is -1.39. The molecule has 4 nitrogen and oxygen atoms in total. The van der Waals surface area contributed by atoms with Crippen LogP contribution < -0.4 is 11.2 Å². The van der Waals surface area contributed by atoms with Gasteiger partial charge in [0.2, 0.25) is 0 Å². The number of carbonyl (C=O) groups is 1. The van der Waals surface area contributed by atoms with Gasteiger partial charge in [-0.2, -0.15) is 0 Å². The van der Waals surface area contributed by atoms with Crippen LogP contribution in [0.25, 0.3) is 0 Å². The molecule has 0 spiro atoms. The fraction of sp³-hybridized carbons (Fsp3) is 0.300.